The van der Waals surface area contributed by atoms with E-state index in [1.54, 1.807) is 0 Å². The number of nitrogens with two attached hydrogens (primary N) is 1. The molecule has 0 aliphatic heterocycles. The van der Waals surface area contributed by atoms with Gasteiger partial charge in [0.1, 0.15) is 0 Å². The molecule has 0 aromatic rings. The van der Waals surface area contributed by atoms with E-state index in [4.69, 9.17) is 5.73 Å². The van der Waals surface area contributed by atoms with Crippen molar-refractivity contribution in [1.82, 2.24) is 5.32 Å². The molecule has 0 radical (unpaired) electrons. The van der Waals surface area contributed by atoms with Gasteiger partial charge in [-0.25, -0.2) is 0 Å². The fraction of sp³-hybridized carbons (Fsp3) is 0.900. The summed E-state index contributed by atoms with van der Waals surface area (Å²) in [5, 5.41) is 12.3. The summed E-state index contributed by atoms with van der Waals surface area (Å²) < 4.78 is 0. The van der Waals surface area contributed by atoms with E-state index in [2.05, 4.69) is 5.32 Å². The molecule has 0 bridgehead atoms. The maximum Gasteiger partial charge on any atom is 0.237 e. The molecule has 0 aromatic carbocycles. The summed E-state index contributed by atoms with van der Waals surface area (Å²) in [5.41, 5.74) is 5.59. The van der Waals surface area contributed by atoms with Gasteiger partial charge in [-0.1, -0.05) is 6.92 Å². The van der Waals surface area contributed by atoms with Crippen molar-refractivity contribution in [2.45, 2.75) is 57.2 Å². The van der Waals surface area contributed by atoms with E-state index in [1.165, 1.54) is 0 Å². The molecule has 0 heterocycles. The Morgan fingerprint density at radius 3 is 2.93 bits per heavy atom. The normalized spacial score (nSPS) is 29.6. The van der Waals surface area contributed by atoms with Crippen LogP contribution in [-0.4, -0.2) is 29.2 Å². The van der Waals surface area contributed by atoms with Gasteiger partial charge in [0, 0.05) is 6.04 Å². The van der Waals surface area contributed by atoms with Crippen LogP contribution < -0.4 is 11.1 Å². The molecule has 4 N–H and O–H groups in total. The van der Waals surface area contributed by atoms with Crippen LogP contribution in [0.3, 0.4) is 0 Å². The van der Waals surface area contributed by atoms with Crippen LogP contribution in [0.25, 0.3) is 0 Å². The zero-order chi connectivity index (χ0) is 10.6. The van der Waals surface area contributed by atoms with Crippen molar-refractivity contribution in [1.29, 1.82) is 0 Å². The van der Waals surface area contributed by atoms with Crippen molar-refractivity contribution in [3.63, 3.8) is 0 Å². The molecule has 4 nitrogen and oxygen atoms in total. The van der Waals surface area contributed by atoms with Crippen LogP contribution in [0.1, 0.15) is 39.0 Å². The molecule has 2 unspecified atom stereocenters. The molecule has 1 saturated carbocycles. The lowest BCUT2D eigenvalue weighted by Crippen LogP contribution is -2.47. The fourth-order valence-electron chi connectivity index (χ4n) is 1.79. The van der Waals surface area contributed by atoms with Crippen LogP contribution in [0.2, 0.25) is 0 Å². The second-order valence-corrected chi connectivity index (χ2v) is 4.04. The highest BCUT2D eigenvalue weighted by molar-refractivity contribution is 5.81. The van der Waals surface area contributed by atoms with E-state index in [9.17, 15) is 9.90 Å². The molecule has 1 rings (SSSR count). The van der Waals surface area contributed by atoms with Crippen LogP contribution in [0.4, 0.5) is 0 Å². The molecule has 0 saturated heterocycles. The first-order valence-corrected chi connectivity index (χ1v) is 5.37. The van der Waals surface area contributed by atoms with Gasteiger partial charge in [0.05, 0.1) is 12.1 Å². The lowest BCUT2D eigenvalue weighted by molar-refractivity contribution is -0.123. The number of aliphatic hydroxyl groups is 1. The molecule has 4 heteroatoms. The Balaban J connectivity index is 2.32. The fourth-order valence-corrected chi connectivity index (χ4v) is 1.79. The second-order valence-electron chi connectivity index (χ2n) is 4.04. The standard InChI is InChI=1S/C10H20N2O2/c1-2-9(11)10(14)12-7-4-3-5-8(13)6-7/h7-9,13H,2-6,11H2,1H3,(H,12,14)/t7?,8?,9-/m0/s1. The number of hydrogen-bond acceptors (Lipinski definition) is 3. The molecular weight excluding hydrogens is 180 g/mol. The third-order valence-electron chi connectivity index (χ3n) is 2.77. The van der Waals surface area contributed by atoms with E-state index < -0.39 is 6.04 Å². The van der Waals surface area contributed by atoms with Crippen molar-refractivity contribution in [3.05, 3.63) is 0 Å². The number of amides is 1. The van der Waals surface area contributed by atoms with Gasteiger partial charge in [0.15, 0.2) is 0 Å². The van der Waals surface area contributed by atoms with Crippen LogP contribution in [0, 0.1) is 0 Å². The van der Waals surface area contributed by atoms with Gasteiger partial charge in [-0.15, -0.1) is 0 Å². The van der Waals surface area contributed by atoms with Crippen LogP contribution in [-0.2, 0) is 4.79 Å². The van der Waals surface area contributed by atoms with Gasteiger partial charge in [0.25, 0.3) is 0 Å². The van der Waals surface area contributed by atoms with Crippen molar-refractivity contribution in [2.75, 3.05) is 0 Å². The summed E-state index contributed by atoms with van der Waals surface area (Å²) >= 11 is 0. The first kappa shape index (κ1) is 11.5. The van der Waals surface area contributed by atoms with Crippen molar-refractivity contribution >= 4 is 5.91 Å². The quantitative estimate of drug-likeness (QED) is 0.606. The Morgan fingerprint density at radius 2 is 2.36 bits per heavy atom. The molecule has 1 amide bonds. The van der Waals surface area contributed by atoms with E-state index in [0.717, 1.165) is 19.3 Å². The van der Waals surface area contributed by atoms with Gasteiger partial charge >= 0.3 is 0 Å². The lowest BCUT2D eigenvalue weighted by atomic mass is 9.93. The zero-order valence-electron chi connectivity index (χ0n) is 8.70. The number of carbonyl (C=O) groups is 1. The van der Waals surface area contributed by atoms with Crippen LogP contribution in [0.5, 0.6) is 0 Å². The van der Waals surface area contributed by atoms with Gasteiger partial charge in [-0.2, -0.15) is 0 Å². The van der Waals surface area contributed by atoms with E-state index in [1.807, 2.05) is 6.92 Å². The first-order valence-electron chi connectivity index (χ1n) is 5.37. The minimum absolute atomic E-state index is 0.0911. The first-order chi connectivity index (χ1) is 6.63. The highest BCUT2D eigenvalue weighted by atomic mass is 16.3. The molecule has 1 aliphatic carbocycles. The lowest BCUT2D eigenvalue weighted by Gasteiger charge is -2.27. The molecule has 1 fully saturated rings. The average molecular weight is 200 g/mol. The number of hydrogen-bond donors (Lipinski definition) is 3. The Morgan fingerprint density at radius 1 is 1.64 bits per heavy atom. The number of nitrogens with one attached hydrogen (secondary N) is 1. The van der Waals surface area contributed by atoms with Crippen molar-refractivity contribution < 1.29 is 9.90 Å². The molecule has 1 aliphatic rings. The Hall–Kier alpha value is -0.610. The van der Waals surface area contributed by atoms with Crippen LogP contribution >= 0.6 is 0 Å². The van der Waals surface area contributed by atoms with Crippen LogP contribution in [0.15, 0.2) is 0 Å². The molecule has 0 spiro atoms. The molecule has 82 valence electrons. The molecule has 0 aromatic heterocycles. The predicted molar refractivity (Wildman–Crippen MR) is 54.7 cm³/mol. The predicted octanol–water partition coefficient (Wildman–Crippen LogP) is 0.143. The third kappa shape index (κ3) is 3.27. The number of aliphatic hydroxyl groups excluding tert-OH is 1. The highest BCUT2D eigenvalue weighted by Crippen LogP contribution is 2.18. The SMILES string of the molecule is CC[C@H](N)C(=O)NC1CCCC(O)C1. The smallest absolute Gasteiger partial charge is 0.237 e. The van der Waals surface area contributed by atoms with E-state index in [0.29, 0.717) is 12.8 Å². The summed E-state index contributed by atoms with van der Waals surface area (Å²) in [4.78, 5) is 11.4. The average Bonchev–Trinajstić information content (AvgIpc) is 2.16. The van der Waals surface area contributed by atoms with Crippen molar-refractivity contribution in [2.24, 2.45) is 5.73 Å². The Labute approximate surface area is 84.9 Å². The summed E-state index contributed by atoms with van der Waals surface area (Å²) in [5.74, 6) is -0.0911. The monoisotopic (exact) mass is 200 g/mol. The molecular formula is C10H20N2O2. The molecule has 14 heavy (non-hydrogen) atoms. The second kappa shape index (κ2) is 5.32. The Bertz CT molecular complexity index is 197. The summed E-state index contributed by atoms with van der Waals surface area (Å²) in [6.45, 7) is 1.89. The number of carbonyl (C=O) groups excluding carboxylic acids is 1. The largest absolute Gasteiger partial charge is 0.393 e. The third-order valence-corrected chi connectivity index (χ3v) is 2.77. The minimum Gasteiger partial charge on any atom is -0.393 e. The van der Waals surface area contributed by atoms with Gasteiger partial charge < -0.3 is 16.2 Å². The van der Waals surface area contributed by atoms with E-state index in [-0.39, 0.29) is 18.1 Å². The maximum absolute atomic E-state index is 11.4. The highest BCUT2D eigenvalue weighted by Gasteiger charge is 2.22. The maximum atomic E-state index is 11.4. The summed E-state index contributed by atoms with van der Waals surface area (Å²) in [6.07, 6.45) is 3.86. The minimum atomic E-state index is -0.408. The van der Waals surface area contributed by atoms with Gasteiger partial charge in [-0.3, -0.25) is 4.79 Å². The topological polar surface area (TPSA) is 75.4 Å². The van der Waals surface area contributed by atoms with Crippen molar-refractivity contribution in [3.8, 4) is 0 Å². The summed E-state index contributed by atoms with van der Waals surface area (Å²) in [7, 11) is 0. The van der Waals surface area contributed by atoms with E-state index >= 15 is 0 Å². The zero-order valence-corrected chi connectivity index (χ0v) is 8.70. The number of rotatable bonds is 3. The van der Waals surface area contributed by atoms with Gasteiger partial charge in [-0.05, 0) is 32.1 Å². The Kier molecular flexibility index (Phi) is 4.35. The molecule has 3 atom stereocenters. The summed E-state index contributed by atoms with van der Waals surface area (Å²) in [6, 6.07) is -0.294. The van der Waals surface area contributed by atoms with Gasteiger partial charge in [0.2, 0.25) is 5.91 Å².